The zero-order valence-corrected chi connectivity index (χ0v) is 10.6. The van der Waals surface area contributed by atoms with Gasteiger partial charge in [-0.15, -0.1) is 0 Å². The number of nitrogens with zero attached hydrogens (tertiary/aromatic N) is 1. The van der Waals surface area contributed by atoms with E-state index in [-0.39, 0.29) is 5.92 Å². The van der Waals surface area contributed by atoms with Gasteiger partial charge in [0.1, 0.15) is 0 Å². The molecule has 0 fully saturated rings. The van der Waals surface area contributed by atoms with Crippen LogP contribution in [0.4, 0.5) is 13.2 Å². The number of rotatable bonds is 3. The van der Waals surface area contributed by atoms with Crippen LogP contribution in [-0.4, -0.2) is 0 Å². The van der Waals surface area contributed by atoms with E-state index in [1.54, 1.807) is 0 Å². The average Bonchev–Trinajstić information content (AvgIpc) is 2.45. The van der Waals surface area contributed by atoms with Crippen molar-refractivity contribution in [1.29, 1.82) is 5.26 Å². The van der Waals surface area contributed by atoms with Crippen LogP contribution in [0.1, 0.15) is 22.6 Å². The van der Waals surface area contributed by atoms with E-state index in [9.17, 15) is 18.4 Å². The Morgan fingerprint density at radius 2 is 1.55 bits per heavy atom. The van der Waals surface area contributed by atoms with Crippen LogP contribution in [-0.2, 0) is 12.6 Å². The van der Waals surface area contributed by atoms with E-state index in [2.05, 4.69) is 6.07 Å². The molecule has 0 aliphatic rings. The maximum atomic E-state index is 12.5. The van der Waals surface area contributed by atoms with Gasteiger partial charge in [-0.1, -0.05) is 42.5 Å². The summed E-state index contributed by atoms with van der Waals surface area (Å²) >= 11 is 0. The molecule has 2 rings (SSSR count). The smallest absolute Gasteiger partial charge is 0.198 e. The summed E-state index contributed by atoms with van der Waals surface area (Å²) in [5, 5.41) is 9.19. The van der Waals surface area contributed by atoms with Crippen molar-refractivity contribution < 1.29 is 13.2 Å². The van der Waals surface area contributed by atoms with Crippen LogP contribution in [0.2, 0.25) is 0 Å². The maximum Gasteiger partial charge on any atom is 0.416 e. The summed E-state index contributed by atoms with van der Waals surface area (Å²) in [6, 6.07) is 16.4. The van der Waals surface area contributed by atoms with Crippen molar-refractivity contribution in [1.82, 2.24) is 0 Å². The van der Waals surface area contributed by atoms with Gasteiger partial charge in [0.2, 0.25) is 0 Å². The number of nitriles is 1. The first-order valence-corrected chi connectivity index (χ1v) is 6.11. The lowest BCUT2D eigenvalue weighted by atomic mass is 9.93. The Bertz CT molecular complexity index is 594. The first-order valence-electron chi connectivity index (χ1n) is 6.11. The van der Waals surface area contributed by atoms with Gasteiger partial charge < -0.3 is 0 Å². The quantitative estimate of drug-likeness (QED) is 0.805. The highest BCUT2D eigenvalue weighted by molar-refractivity contribution is 5.30. The molecule has 0 heterocycles. The Labute approximate surface area is 115 Å². The molecule has 0 amide bonds. The summed E-state index contributed by atoms with van der Waals surface area (Å²) in [4.78, 5) is 0. The fraction of sp³-hybridized carbons (Fsp3) is 0.188. The first kappa shape index (κ1) is 14.1. The molecule has 0 saturated heterocycles. The molecule has 0 radical (unpaired) electrons. The van der Waals surface area contributed by atoms with Crippen LogP contribution < -0.4 is 0 Å². The van der Waals surface area contributed by atoms with Crippen molar-refractivity contribution in [2.75, 3.05) is 0 Å². The second-order valence-corrected chi connectivity index (χ2v) is 4.49. The number of benzene rings is 2. The van der Waals surface area contributed by atoms with Gasteiger partial charge in [-0.2, -0.15) is 18.4 Å². The average molecular weight is 275 g/mol. The molecule has 1 nitrogen and oxygen atoms in total. The summed E-state index contributed by atoms with van der Waals surface area (Å²) in [7, 11) is 0. The van der Waals surface area contributed by atoms with Gasteiger partial charge in [0, 0.05) is 0 Å². The summed E-state index contributed by atoms with van der Waals surface area (Å²) in [6.45, 7) is 0. The maximum absolute atomic E-state index is 12.5. The number of hydrogen-bond acceptors (Lipinski definition) is 1. The van der Waals surface area contributed by atoms with Crippen molar-refractivity contribution in [2.45, 2.75) is 18.5 Å². The molecule has 0 bridgehead atoms. The van der Waals surface area contributed by atoms with E-state index in [0.717, 1.165) is 17.7 Å². The molecular formula is C16H12F3N. The third-order valence-electron chi connectivity index (χ3n) is 3.08. The van der Waals surface area contributed by atoms with E-state index in [0.29, 0.717) is 12.0 Å². The lowest BCUT2D eigenvalue weighted by Crippen LogP contribution is -2.05. The molecule has 0 saturated carbocycles. The molecule has 0 N–H and O–H groups in total. The Hall–Kier alpha value is -2.28. The minimum Gasteiger partial charge on any atom is -0.198 e. The SMILES string of the molecule is N#CC(Cc1ccc(C(F)(F)F)cc1)c1ccccc1. The predicted octanol–water partition coefficient (Wildman–Crippen LogP) is 4.56. The van der Waals surface area contributed by atoms with Crippen LogP contribution in [0.3, 0.4) is 0 Å². The van der Waals surface area contributed by atoms with Crippen LogP contribution in [0.5, 0.6) is 0 Å². The van der Waals surface area contributed by atoms with Gasteiger partial charge in [-0.3, -0.25) is 0 Å². The van der Waals surface area contributed by atoms with Gasteiger partial charge in [-0.05, 0) is 29.7 Å². The minimum atomic E-state index is -4.33. The summed E-state index contributed by atoms with van der Waals surface area (Å²) in [5.41, 5.74) is 0.915. The van der Waals surface area contributed by atoms with Crippen molar-refractivity contribution in [3.05, 3.63) is 71.3 Å². The molecule has 1 atom stereocenters. The molecule has 102 valence electrons. The monoisotopic (exact) mass is 275 g/mol. The lowest BCUT2D eigenvalue weighted by Gasteiger charge is -2.11. The second-order valence-electron chi connectivity index (χ2n) is 4.49. The molecule has 2 aromatic carbocycles. The standard InChI is InChI=1S/C16H12F3N/c17-16(18,19)15-8-6-12(7-9-15)10-14(11-20)13-4-2-1-3-5-13/h1-9,14H,10H2. The number of halogens is 3. The Balaban J connectivity index is 2.15. The van der Waals surface area contributed by atoms with Gasteiger partial charge >= 0.3 is 6.18 Å². The van der Waals surface area contributed by atoms with Crippen molar-refractivity contribution in [3.8, 4) is 6.07 Å². The highest BCUT2D eigenvalue weighted by Crippen LogP contribution is 2.30. The van der Waals surface area contributed by atoms with Gasteiger partial charge in [0.25, 0.3) is 0 Å². The van der Waals surface area contributed by atoms with Crippen molar-refractivity contribution in [2.24, 2.45) is 0 Å². The highest BCUT2D eigenvalue weighted by atomic mass is 19.4. The molecule has 0 aromatic heterocycles. The van der Waals surface area contributed by atoms with Gasteiger partial charge in [0.15, 0.2) is 0 Å². The zero-order chi connectivity index (χ0) is 14.6. The van der Waals surface area contributed by atoms with E-state index >= 15 is 0 Å². The van der Waals surface area contributed by atoms with E-state index < -0.39 is 11.7 Å². The third kappa shape index (κ3) is 3.39. The molecule has 4 heteroatoms. The molecular weight excluding hydrogens is 263 g/mol. The Kier molecular flexibility index (Phi) is 4.09. The highest BCUT2D eigenvalue weighted by Gasteiger charge is 2.30. The molecule has 1 unspecified atom stereocenters. The Morgan fingerprint density at radius 3 is 2.05 bits per heavy atom. The zero-order valence-electron chi connectivity index (χ0n) is 10.6. The van der Waals surface area contributed by atoms with Crippen LogP contribution in [0.15, 0.2) is 54.6 Å². The second kappa shape index (κ2) is 5.79. The minimum absolute atomic E-state index is 0.354. The first-order chi connectivity index (χ1) is 9.50. The topological polar surface area (TPSA) is 23.8 Å². The predicted molar refractivity (Wildman–Crippen MR) is 69.9 cm³/mol. The molecule has 0 aliphatic heterocycles. The Morgan fingerprint density at radius 1 is 0.950 bits per heavy atom. The summed E-state index contributed by atoms with van der Waals surface area (Å²) in [5.74, 6) is -0.354. The fourth-order valence-electron chi connectivity index (χ4n) is 1.99. The fourth-order valence-corrected chi connectivity index (χ4v) is 1.99. The van der Waals surface area contributed by atoms with E-state index in [1.807, 2.05) is 30.3 Å². The molecule has 20 heavy (non-hydrogen) atoms. The van der Waals surface area contributed by atoms with Crippen molar-refractivity contribution >= 4 is 0 Å². The largest absolute Gasteiger partial charge is 0.416 e. The third-order valence-corrected chi connectivity index (χ3v) is 3.08. The number of hydrogen-bond donors (Lipinski definition) is 0. The molecule has 2 aromatic rings. The van der Waals surface area contributed by atoms with Crippen LogP contribution in [0, 0.1) is 11.3 Å². The summed E-state index contributed by atoms with van der Waals surface area (Å²) in [6.07, 6.45) is -3.93. The summed E-state index contributed by atoms with van der Waals surface area (Å²) < 4.78 is 37.4. The van der Waals surface area contributed by atoms with Gasteiger partial charge in [-0.25, -0.2) is 0 Å². The molecule has 0 spiro atoms. The van der Waals surface area contributed by atoms with E-state index in [1.165, 1.54) is 12.1 Å². The van der Waals surface area contributed by atoms with Gasteiger partial charge in [0.05, 0.1) is 17.6 Å². The van der Waals surface area contributed by atoms with Crippen LogP contribution >= 0.6 is 0 Å². The normalized spacial score (nSPS) is 12.7. The van der Waals surface area contributed by atoms with Crippen LogP contribution in [0.25, 0.3) is 0 Å². The number of alkyl halides is 3. The molecule has 0 aliphatic carbocycles. The van der Waals surface area contributed by atoms with Crippen molar-refractivity contribution in [3.63, 3.8) is 0 Å². The lowest BCUT2D eigenvalue weighted by molar-refractivity contribution is -0.137. The van der Waals surface area contributed by atoms with E-state index in [4.69, 9.17) is 0 Å².